The predicted molar refractivity (Wildman–Crippen MR) is 124 cm³/mol. The van der Waals surface area contributed by atoms with Gasteiger partial charge in [-0.2, -0.15) is 4.31 Å². The number of aromatic nitrogens is 1. The fraction of sp³-hybridized carbons (Fsp3) is 0.250. The van der Waals surface area contributed by atoms with Crippen molar-refractivity contribution < 1.29 is 13.2 Å². The van der Waals surface area contributed by atoms with Gasteiger partial charge in [-0.3, -0.25) is 9.78 Å². The topological polar surface area (TPSA) is 79.4 Å². The van der Waals surface area contributed by atoms with E-state index < -0.39 is 15.9 Å². The molecule has 1 aliphatic rings. The summed E-state index contributed by atoms with van der Waals surface area (Å²) in [6.07, 6.45) is 1.67. The van der Waals surface area contributed by atoms with Gasteiger partial charge >= 0.3 is 0 Å². The Morgan fingerprint density at radius 2 is 1.78 bits per heavy atom. The van der Waals surface area contributed by atoms with E-state index in [1.54, 1.807) is 18.3 Å². The number of hydrogen-bond acceptors (Lipinski definition) is 4. The molecular formula is C24H24ClN3O3S. The lowest BCUT2D eigenvalue weighted by atomic mass is 9.88. The number of sulfonamides is 1. The lowest BCUT2D eigenvalue weighted by Crippen LogP contribution is -2.35. The SMILES string of the molecule is Cc1ccc(C2CN(S(=O)(=O)c3ccc(Cl)cc3)CC2C(=O)NCc2ccccn2)cc1. The first-order valence-corrected chi connectivity index (χ1v) is 12.2. The Morgan fingerprint density at radius 3 is 2.44 bits per heavy atom. The van der Waals surface area contributed by atoms with E-state index in [1.807, 2.05) is 49.4 Å². The Kier molecular flexibility index (Phi) is 6.60. The number of rotatable bonds is 6. The lowest BCUT2D eigenvalue weighted by Gasteiger charge is -2.18. The molecule has 0 aliphatic carbocycles. The van der Waals surface area contributed by atoms with Gasteiger partial charge < -0.3 is 5.32 Å². The molecule has 1 aromatic heterocycles. The molecule has 32 heavy (non-hydrogen) atoms. The van der Waals surface area contributed by atoms with Crippen molar-refractivity contribution in [3.8, 4) is 0 Å². The number of hydrogen-bond donors (Lipinski definition) is 1. The molecule has 3 aromatic rings. The lowest BCUT2D eigenvalue weighted by molar-refractivity contribution is -0.125. The van der Waals surface area contributed by atoms with Crippen molar-refractivity contribution >= 4 is 27.5 Å². The van der Waals surface area contributed by atoms with Crippen LogP contribution in [-0.2, 0) is 21.4 Å². The second-order valence-electron chi connectivity index (χ2n) is 7.94. The Balaban J connectivity index is 1.59. The summed E-state index contributed by atoms with van der Waals surface area (Å²) in [7, 11) is -3.76. The molecule has 1 saturated heterocycles. The van der Waals surface area contributed by atoms with Crippen molar-refractivity contribution in [2.75, 3.05) is 13.1 Å². The highest BCUT2D eigenvalue weighted by Crippen LogP contribution is 2.36. The molecule has 1 aliphatic heterocycles. The Hall–Kier alpha value is -2.74. The van der Waals surface area contributed by atoms with E-state index in [4.69, 9.17) is 11.6 Å². The van der Waals surface area contributed by atoms with Gasteiger partial charge in [0.2, 0.25) is 15.9 Å². The molecular weight excluding hydrogens is 446 g/mol. The van der Waals surface area contributed by atoms with Crippen LogP contribution in [0.3, 0.4) is 0 Å². The smallest absolute Gasteiger partial charge is 0.243 e. The van der Waals surface area contributed by atoms with Gasteiger partial charge in [-0.05, 0) is 48.9 Å². The molecule has 1 N–H and O–H groups in total. The van der Waals surface area contributed by atoms with Crippen LogP contribution in [0.5, 0.6) is 0 Å². The minimum atomic E-state index is -3.76. The molecule has 2 atom stereocenters. The van der Waals surface area contributed by atoms with Crippen molar-refractivity contribution in [3.05, 3.63) is 94.8 Å². The van der Waals surface area contributed by atoms with Gasteiger partial charge in [0.25, 0.3) is 0 Å². The van der Waals surface area contributed by atoms with Gasteiger partial charge in [0, 0.05) is 30.2 Å². The van der Waals surface area contributed by atoms with Crippen LogP contribution in [0.15, 0.2) is 77.8 Å². The predicted octanol–water partition coefficient (Wildman–Crippen LogP) is 3.76. The fourth-order valence-corrected chi connectivity index (χ4v) is 5.57. The van der Waals surface area contributed by atoms with Crippen molar-refractivity contribution in [2.45, 2.75) is 24.3 Å². The summed E-state index contributed by atoms with van der Waals surface area (Å²) in [5.74, 6) is -0.945. The summed E-state index contributed by atoms with van der Waals surface area (Å²) in [4.78, 5) is 17.5. The zero-order valence-electron chi connectivity index (χ0n) is 17.6. The molecule has 2 heterocycles. The van der Waals surface area contributed by atoms with Crippen molar-refractivity contribution in [2.24, 2.45) is 5.92 Å². The van der Waals surface area contributed by atoms with Crippen molar-refractivity contribution in [1.82, 2.24) is 14.6 Å². The number of carbonyl (C=O) groups excluding carboxylic acids is 1. The molecule has 0 saturated carbocycles. The maximum atomic E-state index is 13.3. The maximum Gasteiger partial charge on any atom is 0.243 e. The standard InChI is InChI=1S/C24H24ClN3O3S/c1-17-5-7-18(8-6-17)22-15-28(32(30,31)21-11-9-19(25)10-12-21)16-23(22)24(29)27-14-20-4-2-3-13-26-20/h2-13,22-23H,14-16H2,1H3,(H,27,29). The van der Waals surface area contributed by atoms with E-state index in [9.17, 15) is 13.2 Å². The third-order valence-corrected chi connectivity index (χ3v) is 7.85. The minimum absolute atomic E-state index is 0.109. The highest BCUT2D eigenvalue weighted by molar-refractivity contribution is 7.89. The van der Waals surface area contributed by atoms with Gasteiger partial charge in [-0.1, -0.05) is 47.5 Å². The number of nitrogens with zero attached hydrogens (tertiary/aromatic N) is 2. The molecule has 0 radical (unpaired) electrons. The monoisotopic (exact) mass is 469 g/mol. The Bertz CT molecular complexity index is 1180. The average molecular weight is 470 g/mol. The van der Waals surface area contributed by atoms with Gasteiger partial charge in [0.05, 0.1) is 23.1 Å². The van der Waals surface area contributed by atoms with E-state index >= 15 is 0 Å². The van der Waals surface area contributed by atoms with Crippen LogP contribution in [0, 0.1) is 12.8 Å². The van der Waals surface area contributed by atoms with Crippen LogP contribution in [0.2, 0.25) is 5.02 Å². The van der Waals surface area contributed by atoms with Crippen LogP contribution in [0.1, 0.15) is 22.7 Å². The second kappa shape index (κ2) is 9.40. The normalized spacial score (nSPS) is 19.1. The van der Waals surface area contributed by atoms with E-state index in [0.29, 0.717) is 11.6 Å². The molecule has 8 heteroatoms. The highest BCUT2D eigenvalue weighted by atomic mass is 35.5. The number of benzene rings is 2. The second-order valence-corrected chi connectivity index (χ2v) is 10.3. The quantitative estimate of drug-likeness (QED) is 0.596. The molecule has 4 rings (SSSR count). The maximum absolute atomic E-state index is 13.3. The van der Waals surface area contributed by atoms with Crippen LogP contribution >= 0.6 is 11.6 Å². The summed E-state index contributed by atoms with van der Waals surface area (Å²) >= 11 is 5.92. The Morgan fingerprint density at radius 1 is 1.06 bits per heavy atom. The van der Waals surface area contributed by atoms with Crippen LogP contribution in [0.4, 0.5) is 0 Å². The molecule has 0 bridgehead atoms. The average Bonchev–Trinajstić information content (AvgIpc) is 3.25. The number of aryl methyl sites for hydroxylation is 1. The third kappa shape index (κ3) is 4.85. The molecule has 2 aromatic carbocycles. The number of amides is 1. The van der Waals surface area contributed by atoms with E-state index in [0.717, 1.165) is 16.8 Å². The minimum Gasteiger partial charge on any atom is -0.350 e. The van der Waals surface area contributed by atoms with Crippen molar-refractivity contribution in [1.29, 1.82) is 0 Å². The Labute approximate surface area is 193 Å². The number of carbonyl (C=O) groups is 1. The summed E-state index contributed by atoms with van der Waals surface area (Å²) in [6, 6.07) is 19.5. The van der Waals surface area contributed by atoms with E-state index in [1.165, 1.54) is 16.4 Å². The molecule has 2 unspecified atom stereocenters. The number of halogens is 1. The molecule has 1 amide bonds. The highest BCUT2D eigenvalue weighted by Gasteiger charge is 2.43. The van der Waals surface area contributed by atoms with Gasteiger partial charge in [0.1, 0.15) is 0 Å². The molecule has 1 fully saturated rings. The van der Waals surface area contributed by atoms with Crippen molar-refractivity contribution in [3.63, 3.8) is 0 Å². The summed E-state index contributed by atoms with van der Waals surface area (Å²) in [5.41, 5.74) is 2.80. The van der Waals surface area contributed by atoms with Gasteiger partial charge in [0.15, 0.2) is 0 Å². The van der Waals surface area contributed by atoms with E-state index in [-0.39, 0.29) is 29.8 Å². The first-order valence-electron chi connectivity index (χ1n) is 10.3. The van der Waals surface area contributed by atoms with Gasteiger partial charge in [-0.25, -0.2) is 8.42 Å². The summed E-state index contributed by atoms with van der Waals surface area (Å²) < 4.78 is 27.9. The largest absolute Gasteiger partial charge is 0.350 e. The summed E-state index contributed by atoms with van der Waals surface area (Å²) in [6.45, 7) is 2.63. The first-order chi connectivity index (χ1) is 15.3. The van der Waals surface area contributed by atoms with Crippen LogP contribution in [0.25, 0.3) is 0 Å². The molecule has 6 nitrogen and oxygen atoms in total. The zero-order valence-corrected chi connectivity index (χ0v) is 19.2. The first kappa shape index (κ1) is 22.5. The summed E-state index contributed by atoms with van der Waals surface area (Å²) in [5, 5.41) is 3.40. The molecule has 166 valence electrons. The zero-order chi connectivity index (χ0) is 22.7. The van der Waals surface area contributed by atoms with E-state index in [2.05, 4.69) is 10.3 Å². The van der Waals surface area contributed by atoms with Crippen LogP contribution in [-0.4, -0.2) is 36.7 Å². The number of pyridine rings is 1. The fourth-order valence-electron chi connectivity index (χ4n) is 3.95. The third-order valence-electron chi connectivity index (χ3n) is 5.75. The number of nitrogens with one attached hydrogen (secondary N) is 1. The van der Waals surface area contributed by atoms with Crippen LogP contribution < -0.4 is 5.32 Å². The molecule has 0 spiro atoms. The van der Waals surface area contributed by atoms with Gasteiger partial charge in [-0.15, -0.1) is 0 Å².